The van der Waals surface area contributed by atoms with E-state index in [2.05, 4.69) is 16.8 Å². The molecule has 0 N–H and O–H groups in total. The molecule has 0 spiro atoms. The van der Waals surface area contributed by atoms with Crippen LogP contribution in [0.25, 0.3) is 0 Å². The number of nitrogens with zero attached hydrogens (tertiary/aromatic N) is 2. The number of carbonyl (C=O) groups is 1. The number of ether oxygens (including phenoxy) is 7. The summed E-state index contributed by atoms with van der Waals surface area (Å²) in [5.74, 6) is 3.50. The minimum Gasteiger partial charge on any atom is -0.496 e. The number of Topliss-reactive ketones (excluding diaryl/α,β-unsaturated/α-hetero) is 1. The third-order valence-corrected chi connectivity index (χ3v) is 10.0. The molecule has 10 heteroatoms. The normalized spacial score (nSPS) is 22.0. The first kappa shape index (κ1) is 32.0. The van der Waals surface area contributed by atoms with Crippen LogP contribution >= 0.6 is 0 Å². The molecule has 3 aromatic rings. The van der Waals surface area contributed by atoms with E-state index in [4.69, 9.17) is 33.2 Å². The standard InChI is InChI=1S/C36H44N2O8/c1-19-31(40-4)23-15-22-16-38-24(18-46-17-21-13-11-10-12-14-21)26-27(32(41-5)20(2)34(43-7)36(26)45-9)30(39)29(38)28(37(22)3)25(23)35(44-8)33(19)42-6/h10-14,22,24,28-29H,15-18H2,1-9H3/t22-,24-,28-,29-/m0/s1. The molecule has 0 saturated carbocycles. The molecule has 6 rings (SSSR count). The van der Waals surface area contributed by atoms with Gasteiger partial charge in [0.1, 0.15) is 11.5 Å². The van der Waals surface area contributed by atoms with Gasteiger partial charge in [0.2, 0.25) is 0 Å². The Morgan fingerprint density at radius 2 is 1.28 bits per heavy atom. The number of methoxy groups -OCH3 is 6. The molecule has 1 fully saturated rings. The van der Waals surface area contributed by atoms with Crippen molar-refractivity contribution in [1.29, 1.82) is 0 Å². The Balaban J connectivity index is 1.59. The van der Waals surface area contributed by atoms with Crippen molar-refractivity contribution in [3.05, 3.63) is 69.3 Å². The van der Waals surface area contributed by atoms with Gasteiger partial charge in [0, 0.05) is 40.4 Å². The fourth-order valence-electron chi connectivity index (χ4n) is 8.10. The van der Waals surface area contributed by atoms with Crippen molar-refractivity contribution in [2.45, 2.75) is 51.0 Å². The van der Waals surface area contributed by atoms with Gasteiger partial charge in [0.25, 0.3) is 0 Å². The lowest BCUT2D eigenvalue weighted by Gasteiger charge is -2.57. The number of likely N-dealkylation sites (N-methyl/N-ethyl adjacent to an activating group) is 1. The molecule has 1 saturated heterocycles. The largest absolute Gasteiger partial charge is 0.496 e. The summed E-state index contributed by atoms with van der Waals surface area (Å²) in [5, 5.41) is 0. The second kappa shape index (κ2) is 12.7. The van der Waals surface area contributed by atoms with Gasteiger partial charge < -0.3 is 33.2 Å². The maximum Gasteiger partial charge on any atom is 0.186 e. The first-order valence-corrected chi connectivity index (χ1v) is 15.5. The van der Waals surface area contributed by atoms with Crippen LogP contribution in [0.2, 0.25) is 0 Å². The highest BCUT2D eigenvalue weighted by Gasteiger charge is 2.56. The topological polar surface area (TPSA) is 88.2 Å². The molecule has 46 heavy (non-hydrogen) atoms. The smallest absolute Gasteiger partial charge is 0.186 e. The SMILES string of the molecule is COc1c(C)c(OC)c(OC)c2c1C[C@H]1CN3[C@H](C(=O)c4c(OC)c(C)c(OC)c(OC)c4[C@@H]3COCc3ccccc3)[C@H]2N1C. The van der Waals surface area contributed by atoms with Crippen LogP contribution in [0.3, 0.4) is 0 Å². The van der Waals surface area contributed by atoms with Crippen LogP contribution in [0.1, 0.15) is 55.8 Å². The van der Waals surface area contributed by atoms with Crippen LogP contribution in [0.15, 0.2) is 30.3 Å². The number of hydrogen-bond donors (Lipinski definition) is 0. The van der Waals surface area contributed by atoms with E-state index in [1.165, 1.54) is 0 Å². The Kier molecular flexibility index (Phi) is 8.80. The zero-order chi connectivity index (χ0) is 32.9. The van der Waals surface area contributed by atoms with Crippen LogP contribution in [-0.4, -0.2) is 90.5 Å². The van der Waals surface area contributed by atoms with Gasteiger partial charge in [-0.25, -0.2) is 0 Å². The lowest BCUT2D eigenvalue weighted by Crippen LogP contribution is -2.66. The molecular formula is C36H44N2O8. The Morgan fingerprint density at radius 3 is 1.87 bits per heavy atom. The van der Waals surface area contributed by atoms with Gasteiger partial charge in [-0.1, -0.05) is 30.3 Å². The van der Waals surface area contributed by atoms with Crippen molar-refractivity contribution in [3.63, 3.8) is 0 Å². The summed E-state index contributed by atoms with van der Waals surface area (Å²) < 4.78 is 42.4. The van der Waals surface area contributed by atoms with Crippen molar-refractivity contribution in [3.8, 4) is 34.5 Å². The van der Waals surface area contributed by atoms with Crippen molar-refractivity contribution in [1.82, 2.24) is 9.80 Å². The van der Waals surface area contributed by atoms with E-state index in [1.54, 1.807) is 42.7 Å². The maximum atomic E-state index is 15.1. The first-order valence-electron chi connectivity index (χ1n) is 15.5. The van der Waals surface area contributed by atoms with E-state index < -0.39 is 6.04 Å². The Bertz CT molecular complexity index is 1640. The van der Waals surface area contributed by atoms with Crippen molar-refractivity contribution in [2.24, 2.45) is 0 Å². The van der Waals surface area contributed by atoms with E-state index in [1.807, 2.05) is 44.2 Å². The highest BCUT2D eigenvalue weighted by atomic mass is 16.5. The zero-order valence-corrected chi connectivity index (χ0v) is 28.2. The summed E-state index contributed by atoms with van der Waals surface area (Å²) in [6, 6.07) is 8.89. The second-order valence-electron chi connectivity index (χ2n) is 12.1. The van der Waals surface area contributed by atoms with Crippen LogP contribution in [0, 0.1) is 13.8 Å². The minimum absolute atomic E-state index is 0.0566. The number of piperazine rings is 1. The van der Waals surface area contributed by atoms with Crippen LogP contribution < -0.4 is 28.4 Å². The lowest BCUT2D eigenvalue weighted by atomic mass is 9.73. The molecule has 3 aliphatic rings. The second-order valence-corrected chi connectivity index (χ2v) is 12.1. The monoisotopic (exact) mass is 632 g/mol. The number of hydrogen-bond acceptors (Lipinski definition) is 10. The number of fused-ring (bicyclic) bond motifs is 7. The predicted octanol–water partition coefficient (Wildman–Crippen LogP) is 5.09. The van der Waals surface area contributed by atoms with Gasteiger partial charge in [0.15, 0.2) is 28.8 Å². The molecule has 0 aliphatic carbocycles. The molecule has 2 bridgehead atoms. The summed E-state index contributed by atoms with van der Waals surface area (Å²) >= 11 is 0. The summed E-state index contributed by atoms with van der Waals surface area (Å²) in [6.07, 6.45) is 0.715. The summed E-state index contributed by atoms with van der Waals surface area (Å²) in [5.41, 5.74) is 5.83. The van der Waals surface area contributed by atoms with E-state index in [-0.39, 0.29) is 23.9 Å². The van der Waals surface area contributed by atoms with Crippen molar-refractivity contribution < 1.29 is 38.0 Å². The van der Waals surface area contributed by atoms with Gasteiger partial charge in [-0.05, 0) is 32.9 Å². The quantitative estimate of drug-likeness (QED) is 0.301. The van der Waals surface area contributed by atoms with Gasteiger partial charge in [0.05, 0.1) is 79.6 Å². The molecule has 10 nitrogen and oxygen atoms in total. The number of rotatable bonds is 10. The molecule has 0 unspecified atom stereocenters. The van der Waals surface area contributed by atoms with Gasteiger partial charge in [-0.3, -0.25) is 14.6 Å². The summed E-state index contributed by atoms with van der Waals surface area (Å²) in [6.45, 7) is 5.25. The van der Waals surface area contributed by atoms with E-state index in [0.717, 1.165) is 33.6 Å². The van der Waals surface area contributed by atoms with Gasteiger partial charge in [-0.2, -0.15) is 0 Å². The van der Waals surface area contributed by atoms with Gasteiger partial charge in [-0.15, -0.1) is 0 Å². The van der Waals surface area contributed by atoms with E-state index in [9.17, 15) is 0 Å². The summed E-state index contributed by atoms with van der Waals surface area (Å²) in [4.78, 5) is 19.7. The van der Waals surface area contributed by atoms with Crippen LogP contribution in [0.4, 0.5) is 0 Å². The third kappa shape index (κ3) is 4.68. The molecule has 3 aliphatic heterocycles. The fourth-order valence-corrected chi connectivity index (χ4v) is 8.10. The predicted molar refractivity (Wildman–Crippen MR) is 173 cm³/mol. The summed E-state index contributed by atoms with van der Waals surface area (Å²) in [7, 11) is 11.9. The molecule has 0 radical (unpaired) electrons. The number of ketones is 1. The van der Waals surface area contributed by atoms with E-state index >= 15 is 4.79 Å². The number of carbonyl (C=O) groups excluding carboxylic acids is 1. The third-order valence-electron chi connectivity index (χ3n) is 10.0. The van der Waals surface area contributed by atoms with Crippen molar-refractivity contribution in [2.75, 3.05) is 62.9 Å². The Morgan fingerprint density at radius 1 is 0.717 bits per heavy atom. The van der Waals surface area contributed by atoms with Gasteiger partial charge >= 0.3 is 0 Å². The molecule has 4 atom stereocenters. The molecular weight excluding hydrogens is 588 g/mol. The number of benzene rings is 3. The lowest BCUT2D eigenvalue weighted by molar-refractivity contribution is -0.0569. The Hall–Kier alpha value is -3.99. The molecule has 246 valence electrons. The van der Waals surface area contributed by atoms with Crippen LogP contribution in [0.5, 0.6) is 34.5 Å². The average Bonchev–Trinajstić information content (AvgIpc) is 3.06. The Labute approximate surface area is 271 Å². The molecule has 3 aromatic carbocycles. The average molecular weight is 633 g/mol. The molecule has 0 amide bonds. The fraction of sp³-hybridized carbons (Fsp3) is 0.472. The highest BCUT2D eigenvalue weighted by Crippen LogP contribution is 2.58. The highest BCUT2D eigenvalue weighted by molar-refractivity contribution is 6.07. The van der Waals surface area contributed by atoms with Crippen molar-refractivity contribution >= 4 is 5.78 Å². The molecule has 0 aromatic heterocycles. The zero-order valence-electron chi connectivity index (χ0n) is 28.2. The van der Waals surface area contributed by atoms with Crippen LogP contribution in [-0.2, 0) is 17.8 Å². The molecule has 3 heterocycles. The first-order chi connectivity index (χ1) is 22.3. The minimum atomic E-state index is -0.587. The van der Waals surface area contributed by atoms with E-state index in [0.29, 0.717) is 66.1 Å². The maximum absolute atomic E-state index is 15.1.